The zero-order valence-corrected chi connectivity index (χ0v) is 19.0. The minimum absolute atomic E-state index is 0.0428. The molecule has 178 valence electrons. The first-order valence-corrected chi connectivity index (χ1v) is 11.7. The molecule has 34 heavy (non-hydrogen) atoms. The van der Waals surface area contributed by atoms with Crippen LogP contribution in [-0.4, -0.2) is 41.8 Å². The van der Waals surface area contributed by atoms with Crippen LogP contribution in [0.3, 0.4) is 0 Å². The SMILES string of the molecule is C=CCC(NC(=O)[C@H]1CCCC[C@H]1NC(=O)OCC1c2ccccc2-c2ccccc21)C(=O)O. The van der Waals surface area contributed by atoms with Crippen molar-refractivity contribution in [3.63, 3.8) is 0 Å². The maximum Gasteiger partial charge on any atom is 0.407 e. The smallest absolute Gasteiger partial charge is 0.407 e. The second kappa shape index (κ2) is 10.5. The van der Waals surface area contributed by atoms with E-state index in [0.29, 0.717) is 12.8 Å². The van der Waals surface area contributed by atoms with Gasteiger partial charge in [0, 0.05) is 12.0 Å². The number of hydrogen-bond acceptors (Lipinski definition) is 4. The van der Waals surface area contributed by atoms with Gasteiger partial charge in [-0.15, -0.1) is 6.58 Å². The Balaban J connectivity index is 1.39. The Kier molecular flexibility index (Phi) is 7.30. The van der Waals surface area contributed by atoms with E-state index in [-0.39, 0.29) is 24.9 Å². The van der Waals surface area contributed by atoms with Crippen molar-refractivity contribution >= 4 is 18.0 Å². The van der Waals surface area contributed by atoms with Crippen LogP contribution < -0.4 is 10.6 Å². The van der Waals surface area contributed by atoms with Gasteiger partial charge in [0.05, 0.1) is 5.92 Å². The topological polar surface area (TPSA) is 105 Å². The Morgan fingerprint density at radius 2 is 1.65 bits per heavy atom. The van der Waals surface area contributed by atoms with Gasteiger partial charge in [0.25, 0.3) is 0 Å². The van der Waals surface area contributed by atoms with Crippen LogP contribution in [0.4, 0.5) is 4.79 Å². The third-order valence-corrected chi connectivity index (χ3v) is 6.77. The van der Waals surface area contributed by atoms with Crippen LogP contribution in [0, 0.1) is 5.92 Å². The molecule has 2 aliphatic rings. The van der Waals surface area contributed by atoms with Gasteiger partial charge in [-0.1, -0.05) is 67.4 Å². The van der Waals surface area contributed by atoms with E-state index in [0.717, 1.165) is 35.1 Å². The largest absolute Gasteiger partial charge is 0.480 e. The van der Waals surface area contributed by atoms with Crippen LogP contribution in [-0.2, 0) is 14.3 Å². The van der Waals surface area contributed by atoms with Crippen molar-refractivity contribution in [2.75, 3.05) is 6.61 Å². The molecule has 2 amide bonds. The maximum absolute atomic E-state index is 12.8. The molecule has 0 bridgehead atoms. The molecular weight excluding hydrogens is 432 g/mol. The number of amides is 2. The highest BCUT2D eigenvalue weighted by molar-refractivity contribution is 5.86. The number of ether oxygens (including phenoxy) is 1. The van der Waals surface area contributed by atoms with Crippen molar-refractivity contribution in [3.05, 3.63) is 72.3 Å². The van der Waals surface area contributed by atoms with E-state index in [1.54, 1.807) is 0 Å². The van der Waals surface area contributed by atoms with Gasteiger partial charge in [-0.3, -0.25) is 4.79 Å². The summed E-state index contributed by atoms with van der Waals surface area (Å²) >= 11 is 0. The number of carboxylic acid groups (broad SMARTS) is 1. The van der Waals surface area contributed by atoms with Gasteiger partial charge in [-0.25, -0.2) is 9.59 Å². The molecule has 3 atom stereocenters. The number of alkyl carbamates (subject to hydrolysis) is 1. The zero-order chi connectivity index (χ0) is 24.1. The molecule has 0 radical (unpaired) electrons. The quantitative estimate of drug-likeness (QED) is 0.509. The number of nitrogens with one attached hydrogen (secondary N) is 2. The Bertz CT molecular complexity index is 1040. The van der Waals surface area contributed by atoms with Gasteiger partial charge < -0.3 is 20.5 Å². The Labute approximate surface area is 199 Å². The first-order valence-electron chi connectivity index (χ1n) is 11.7. The van der Waals surface area contributed by atoms with Crippen LogP contribution >= 0.6 is 0 Å². The molecule has 0 spiro atoms. The highest BCUT2D eigenvalue weighted by Crippen LogP contribution is 2.44. The van der Waals surface area contributed by atoms with Crippen molar-refractivity contribution in [1.29, 1.82) is 0 Å². The molecule has 1 unspecified atom stereocenters. The Hall–Kier alpha value is -3.61. The van der Waals surface area contributed by atoms with Crippen LogP contribution in [0.1, 0.15) is 49.1 Å². The lowest BCUT2D eigenvalue weighted by Gasteiger charge is -2.31. The van der Waals surface area contributed by atoms with Gasteiger partial charge >= 0.3 is 12.1 Å². The van der Waals surface area contributed by atoms with E-state index in [1.165, 1.54) is 6.08 Å². The summed E-state index contributed by atoms with van der Waals surface area (Å²) in [5, 5.41) is 14.8. The fourth-order valence-corrected chi connectivity index (χ4v) is 5.08. The first kappa shape index (κ1) is 23.5. The van der Waals surface area contributed by atoms with Crippen molar-refractivity contribution in [2.24, 2.45) is 5.92 Å². The van der Waals surface area contributed by atoms with Crippen molar-refractivity contribution in [2.45, 2.75) is 50.1 Å². The minimum Gasteiger partial charge on any atom is -0.480 e. The monoisotopic (exact) mass is 462 g/mol. The highest BCUT2D eigenvalue weighted by atomic mass is 16.5. The molecule has 2 aliphatic carbocycles. The van der Waals surface area contributed by atoms with Gasteiger partial charge in [0.1, 0.15) is 12.6 Å². The second-order valence-corrected chi connectivity index (χ2v) is 8.89. The fraction of sp³-hybridized carbons (Fsp3) is 0.370. The molecule has 0 saturated heterocycles. The fourth-order valence-electron chi connectivity index (χ4n) is 5.08. The molecule has 2 aromatic carbocycles. The molecule has 1 saturated carbocycles. The molecular formula is C27H30N2O5. The van der Waals surface area contributed by atoms with E-state index in [2.05, 4.69) is 41.5 Å². The lowest BCUT2D eigenvalue weighted by molar-refractivity contribution is -0.142. The Morgan fingerprint density at radius 1 is 1.03 bits per heavy atom. The number of aliphatic carboxylic acids is 1. The summed E-state index contributed by atoms with van der Waals surface area (Å²) in [6.45, 7) is 3.75. The standard InChI is InChI=1S/C27H30N2O5/c1-2-9-24(26(31)32)28-25(30)21-14-7-8-15-23(21)29-27(33)34-16-22-19-12-5-3-10-17(19)18-11-4-6-13-20(18)22/h2-6,10-13,21-24H,1,7-9,14-16H2,(H,28,30)(H,29,33)(H,31,32)/t21-,23+,24?/m0/s1. The molecule has 7 heteroatoms. The average molecular weight is 463 g/mol. The molecule has 7 nitrogen and oxygen atoms in total. The molecule has 4 rings (SSSR count). The van der Waals surface area contributed by atoms with E-state index in [4.69, 9.17) is 4.74 Å². The molecule has 3 N–H and O–H groups in total. The third-order valence-electron chi connectivity index (χ3n) is 6.77. The van der Waals surface area contributed by atoms with E-state index < -0.39 is 30.1 Å². The van der Waals surface area contributed by atoms with Crippen LogP contribution in [0.15, 0.2) is 61.2 Å². The number of carbonyl (C=O) groups excluding carboxylic acids is 2. The Morgan fingerprint density at radius 3 is 2.26 bits per heavy atom. The van der Waals surface area contributed by atoms with Gasteiger partial charge in [0.15, 0.2) is 0 Å². The molecule has 0 aromatic heterocycles. The summed E-state index contributed by atoms with van der Waals surface area (Å²) in [5.41, 5.74) is 4.58. The predicted octanol–water partition coefficient (Wildman–Crippen LogP) is 4.23. The first-order chi connectivity index (χ1) is 16.5. The lowest BCUT2D eigenvalue weighted by atomic mass is 9.83. The van der Waals surface area contributed by atoms with Crippen molar-refractivity contribution in [3.8, 4) is 11.1 Å². The van der Waals surface area contributed by atoms with Gasteiger partial charge in [-0.05, 0) is 41.5 Å². The molecule has 0 aliphatic heterocycles. The summed E-state index contributed by atoms with van der Waals surface area (Å²) in [5.74, 6) is -2.01. The van der Waals surface area contributed by atoms with Gasteiger partial charge in [0.2, 0.25) is 5.91 Å². The summed E-state index contributed by atoms with van der Waals surface area (Å²) in [4.78, 5) is 36.9. The summed E-state index contributed by atoms with van der Waals surface area (Å²) in [6, 6.07) is 14.8. The second-order valence-electron chi connectivity index (χ2n) is 8.89. The third kappa shape index (κ3) is 4.98. The predicted molar refractivity (Wildman–Crippen MR) is 128 cm³/mol. The highest BCUT2D eigenvalue weighted by Gasteiger charge is 2.35. The van der Waals surface area contributed by atoms with Crippen LogP contribution in [0.2, 0.25) is 0 Å². The van der Waals surface area contributed by atoms with E-state index in [1.807, 2.05) is 24.3 Å². The number of carbonyl (C=O) groups is 3. The van der Waals surface area contributed by atoms with E-state index in [9.17, 15) is 19.5 Å². The summed E-state index contributed by atoms with van der Waals surface area (Å²) in [6.07, 6.45) is 3.99. The zero-order valence-electron chi connectivity index (χ0n) is 19.0. The lowest BCUT2D eigenvalue weighted by Crippen LogP contribution is -2.51. The number of carboxylic acids is 1. The van der Waals surface area contributed by atoms with Gasteiger partial charge in [-0.2, -0.15) is 0 Å². The van der Waals surface area contributed by atoms with Crippen LogP contribution in [0.5, 0.6) is 0 Å². The van der Waals surface area contributed by atoms with Crippen LogP contribution in [0.25, 0.3) is 11.1 Å². The number of fused-ring (bicyclic) bond motifs is 3. The minimum atomic E-state index is -1.11. The maximum atomic E-state index is 12.8. The normalized spacial score (nSPS) is 19.9. The summed E-state index contributed by atoms with van der Waals surface area (Å²) in [7, 11) is 0. The van der Waals surface area contributed by atoms with E-state index >= 15 is 0 Å². The number of hydrogen-bond donors (Lipinski definition) is 3. The van der Waals surface area contributed by atoms with Crippen molar-refractivity contribution in [1.82, 2.24) is 10.6 Å². The molecule has 2 aromatic rings. The molecule has 0 heterocycles. The number of rotatable bonds is 8. The summed E-state index contributed by atoms with van der Waals surface area (Å²) < 4.78 is 5.64. The van der Waals surface area contributed by atoms with Crippen molar-refractivity contribution < 1.29 is 24.2 Å². The average Bonchev–Trinajstić information content (AvgIpc) is 3.16. The number of benzene rings is 2. The molecule has 1 fully saturated rings.